The zero-order valence-corrected chi connectivity index (χ0v) is 13.2. The van der Waals surface area contributed by atoms with Gasteiger partial charge in [-0.2, -0.15) is 0 Å². The smallest absolute Gasteiger partial charge is 0.328 e. The molecule has 2 heterocycles. The molecule has 0 fully saturated rings. The minimum atomic E-state index is -1.26. The molecule has 0 radical (unpaired) electrons. The molecule has 122 valence electrons. The number of aromatic nitrogens is 1. The molecule has 7 heteroatoms. The highest BCUT2D eigenvalue weighted by Crippen LogP contribution is 2.40. The molecule has 0 spiro atoms. The summed E-state index contributed by atoms with van der Waals surface area (Å²) in [5, 5.41) is 16.8. The van der Waals surface area contributed by atoms with E-state index in [0.29, 0.717) is 12.2 Å². The predicted molar refractivity (Wildman–Crippen MR) is 93.9 cm³/mol. The van der Waals surface area contributed by atoms with Crippen molar-refractivity contribution in [2.75, 3.05) is 5.73 Å². The van der Waals surface area contributed by atoms with Crippen LogP contribution in [0.1, 0.15) is 0 Å². The number of benzene rings is 1. The van der Waals surface area contributed by atoms with E-state index in [2.05, 4.69) is 17.1 Å². The fraction of sp³-hybridized carbons (Fsp3) is 0. The molecule has 24 heavy (non-hydrogen) atoms. The molecule has 4 N–H and O–H groups in total. The molecular formula is C17H14N2O4S. The Kier molecular flexibility index (Phi) is 5.64. The van der Waals surface area contributed by atoms with Gasteiger partial charge in [-0.1, -0.05) is 24.3 Å². The second kappa shape index (κ2) is 7.89. The number of thiophene rings is 1. The molecule has 3 rings (SSSR count). The summed E-state index contributed by atoms with van der Waals surface area (Å²) in [6.45, 7) is 0. The number of nitrogens with two attached hydrogens (primary N) is 1. The number of pyridine rings is 1. The summed E-state index contributed by atoms with van der Waals surface area (Å²) >= 11 is 1.71. The first-order valence-electron chi connectivity index (χ1n) is 6.80. The third-order valence-corrected chi connectivity index (χ3v) is 4.16. The third-order valence-electron chi connectivity index (χ3n) is 2.93. The van der Waals surface area contributed by atoms with Crippen molar-refractivity contribution in [1.29, 1.82) is 0 Å². The maximum Gasteiger partial charge on any atom is 0.328 e. The number of fused-ring (bicyclic) bond motifs is 1. The van der Waals surface area contributed by atoms with Gasteiger partial charge < -0.3 is 15.9 Å². The largest absolute Gasteiger partial charge is 0.478 e. The Morgan fingerprint density at radius 1 is 1.04 bits per heavy atom. The van der Waals surface area contributed by atoms with Gasteiger partial charge in [0.05, 0.1) is 10.6 Å². The van der Waals surface area contributed by atoms with Gasteiger partial charge in [-0.25, -0.2) is 9.59 Å². The van der Waals surface area contributed by atoms with E-state index in [4.69, 9.17) is 15.9 Å². The fourth-order valence-electron chi connectivity index (χ4n) is 1.92. The van der Waals surface area contributed by atoms with Crippen LogP contribution in [-0.2, 0) is 9.59 Å². The van der Waals surface area contributed by atoms with Crippen LogP contribution in [0.15, 0.2) is 60.9 Å². The van der Waals surface area contributed by atoms with Gasteiger partial charge in [0.15, 0.2) is 0 Å². The number of nitrogen functional groups attached to an aromatic ring is 1. The molecule has 0 unspecified atom stereocenters. The molecule has 0 aliphatic heterocycles. The maximum absolute atomic E-state index is 9.55. The molecule has 0 aliphatic rings. The number of carbonyl (C=O) groups is 2. The first-order chi connectivity index (χ1) is 11.5. The summed E-state index contributed by atoms with van der Waals surface area (Å²) in [6, 6.07) is 12.2. The summed E-state index contributed by atoms with van der Waals surface area (Å²) in [5.74, 6) is -2.51. The van der Waals surface area contributed by atoms with Crippen LogP contribution in [-0.4, -0.2) is 27.1 Å². The molecule has 3 aromatic rings. The topological polar surface area (TPSA) is 114 Å². The van der Waals surface area contributed by atoms with Gasteiger partial charge >= 0.3 is 11.9 Å². The summed E-state index contributed by atoms with van der Waals surface area (Å²) in [6.07, 6.45) is 4.73. The van der Waals surface area contributed by atoms with E-state index in [1.807, 2.05) is 30.5 Å². The number of aliphatic carboxylic acids is 2. The van der Waals surface area contributed by atoms with Crippen molar-refractivity contribution in [3.8, 4) is 10.4 Å². The average Bonchev–Trinajstić information content (AvgIpc) is 2.92. The Morgan fingerprint density at radius 2 is 1.71 bits per heavy atom. The van der Waals surface area contributed by atoms with E-state index in [-0.39, 0.29) is 0 Å². The maximum atomic E-state index is 9.55. The highest BCUT2D eigenvalue weighted by atomic mass is 32.1. The van der Waals surface area contributed by atoms with Crippen LogP contribution in [0.2, 0.25) is 0 Å². The predicted octanol–water partition coefficient (Wildman–Crippen LogP) is 3.26. The first-order valence-corrected chi connectivity index (χ1v) is 7.62. The molecular weight excluding hydrogens is 328 g/mol. The van der Waals surface area contributed by atoms with E-state index < -0.39 is 11.9 Å². The Morgan fingerprint density at radius 3 is 2.25 bits per heavy atom. The van der Waals surface area contributed by atoms with Crippen LogP contribution in [0.5, 0.6) is 0 Å². The number of carboxylic acid groups (broad SMARTS) is 2. The zero-order chi connectivity index (χ0) is 17.5. The van der Waals surface area contributed by atoms with Crippen molar-refractivity contribution in [3.63, 3.8) is 0 Å². The summed E-state index contributed by atoms with van der Waals surface area (Å²) < 4.78 is 1.22. The van der Waals surface area contributed by atoms with E-state index in [0.717, 1.165) is 21.5 Å². The normalized spacial score (nSPS) is 10.3. The number of hydrogen-bond acceptors (Lipinski definition) is 5. The number of anilines is 1. The van der Waals surface area contributed by atoms with E-state index in [9.17, 15) is 9.59 Å². The molecule has 6 nitrogen and oxygen atoms in total. The van der Waals surface area contributed by atoms with Crippen molar-refractivity contribution in [1.82, 2.24) is 4.98 Å². The van der Waals surface area contributed by atoms with Gasteiger partial charge in [0.2, 0.25) is 0 Å². The average molecular weight is 342 g/mol. The SMILES string of the molecule is Nc1c(-c2cccnc2)sc2ccccc12.O=C(O)/C=C\C(=O)O. The lowest BCUT2D eigenvalue weighted by molar-refractivity contribution is -0.134. The van der Waals surface area contributed by atoms with Crippen LogP contribution in [0.25, 0.3) is 20.5 Å². The minimum absolute atomic E-state index is 0.558. The van der Waals surface area contributed by atoms with Crippen LogP contribution in [0, 0.1) is 0 Å². The zero-order valence-electron chi connectivity index (χ0n) is 12.4. The van der Waals surface area contributed by atoms with Crippen LogP contribution in [0.3, 0.4) is 0 Å². The van der Waals surface area contributed by atoms with Gasteiger partial charge in [0.1, 0.15) is 0 Å². The van der Waals surface area contributed by atoms with E-state index >= 15 is 0 Å². The number of nitrogens with zero attached hydrogens (tertiary/aromatic N) is 1. The Hall–Kier alpha value is -3.19. The summed E-state index contributed by atoms with van der Waals surface area (Å²) in [5.41, 5.74) is 8.09. The van der Waals surface area contributed by atoms with Crippen molar-refractivity contribution >= 4 is 39.0 Å². The minimum Gasteiger partial charge on any atom is -0.478 e. The molecule has 0 bridgehead atoms. The summed E-state index contributed by atoms with van der Waals surface area (Å²) in [7, 11) is 0. The van der Waals surface area contributed by atoms with Crippen LogP contribution >= 0.6 is 11.3 Å². The van der Waals surface area contributed by atoms with Gasteiger partial charge in [-0.15, -0.1) is 11.3 Å². The molecule has 0 aliphatic carbocycles. The van der Waals surface area contributed by atoms with Gasteiger partial charge in [-0.3, -0.25) is 4.98 Å². The Bertz CT molecular complexity index is 872. The van der Waals surface area contributed by atoms with Gasteiger partial charge in [0, 0.05) is 40.2 Å². The fourth-order valence-corrected chi connectivity index (χ4v) is 3.03. The number of hydrogen-bond donors (Lipinski definition) is 3. The second-order valence-electron chi connectivity index (χ2n) is 4.59. The van der Waals surface area contributed by atoms with Crippen molar-refractivity contribution in [2.45, 2.75) is 0 Å². The first kappa shape index (κ1) is 17.2. The van der Waals surface area contributed by atoms with Crippen LogP contribution in [0.4, 0.5) is 5.69 Å². The van der Waals surface area contributed by atoms with Crippen molar-refractivity contribution < 1.29 is 19.8 Å². The van der Waals surface area contributed by atoms with E-state index in [1.165, 1.54) is 4.70 Å². The van der Waals surface area contributed by atoms with Gasteiger partial charge in [0.25, 0.3) is 0 Å². The highest BCUT2D eigenvalue weighted by Gasteiger charge is 2.10. The second-order valence-corrected chi connectivity index (χ2v) is 5.64. The lowest BCUT2D eigenvalue weighted by Gasteiger charge is -1.97. The number of rotatable bonds is 3. The molecule has 1 aromatic carbocycles. The third kappa shape index (κ3) is 4.40. The van der Waals surface area contributed by atoms with E-state index in [1.54, 1.807) is 17.5 Å². The molecule has 0 saturated heterocycles. The lowest BCUT2D eigenvalue weighted by atomic mass is 10.1. The molecule has 0 amide bonds. The van der Waals surface area contributed by atoms with Crippen molar-refractivity contribution in [3.05, 3.63) is 60.9 Å². The Balaban J connectivity index is 0.000000224. The summed E-state index contributed by atoms with van der Waals surface area (Å²) in [4.78, 5) is 24.3. The van der Waals surface area contributed by atoms with Crippen LogP contribution < -0.4 is 5.73 Å². The van der Waals surface area contributed by atoms with Gasteiger partial charge in [-0.05, 0) is 12.1 Å². The molecule has 0 saturated carbocycles. The Labute approximate surface area is 141 Å². The quantitative estimate of drug-likeness (QED) is 0.630. The van der Waals surface area contributed by atoms with Crippen molar-refractivity contribution in [2.24, 2.45) is 0 Å². The lowest BCUT2D eigenvalue weighted by Crippen LogP contribution is -1.91. The molecule has 2 aromatic heterocycles. The standard InChI is InChI=1S/C13H10N2S.C4H4O4/c14-12-10-5-1-2-6-11(10)16-13(12)9-4-3-7-15-8-9;5-3(6)1-2-4(7)8/h1-8H,14H2;1-2H,(H,5,6)(H,7,8)/b;2-1-. The number of carboxylic acids is 2. The molecule has 0 atom stereocenters. The monoisotopic (exact) mass is 342 g/mol. The highest BCUT2D eigenvalue weighted by molar-refractivity contribution is 7.23.